The molecule has 0 spiro atoms. The van der Waals surface area contributed by atoms with Gasteiger partial charge in [0.15, 0.2) is 0 Å². The molecule has 3 unspecified atom stereocenters. The molecule has 7 heteroatoms. The molecule has 0 bridgehead atoms. The van der Waals surface area contributed by atoms with Gasteiger partial charge in [0.2, 0.25) is 0 Å². The number of aromatic nitrogens is 2. The van der Waals surface area contributed by atoms with Crippen molar-refractivity contribution in [3.63, 3.8) is 0 Å². The van der Waals surface area contributed by atoms with Crippen LogP contribution in [-0.4, -0.2) is 28.9 Å². The van der Waals surface area contributed by atoms with E-state index in [4.69, 9.17) is 14.0 Å². The van der Waals surface area contributed by atoms with Gasteiger partial charge in [0.05, 0.1) is 26.2 Å². The summed E-state index contributed by atoms with van der Waals surface area (Å²) in [6.45, 7) is 4.47. The highest BCUT2D eigenvalue weighted by atomic mass is 127. The summed E-state index contributed by atoms with van der Waals surface area (Å²) in [6, 6.07) is 16.5. The first-order valence-corrected chi connectivity index (χ1v) is 14.2. The van der Waals surface area contributed by atoms with Crippen LogP contribution in [0.15, 0.2) is 60.9 Å². The first kappa shape index (κ1) is 22.3. The first-order valence-electron chi connectivity index (χ1n) is 10.2. The van der Waals surface area contributed by atoms with Crippen molar-refractivity contribution in [2.75, 3.05) is 13.2 Å². The second kappa shape index (κ2) is 11.1. The largest absolute Gasteiger partial charge is 0.488 e. The van der Waals surface area contributed by atoms with Crippen molar-refractivity contribution < 1.29 is 14.0 Å². The van der Waals surface area contributed by atoms with Gasteiger partial charge in [-0.2, -0.15) is 0 Å². The zero-order valence-electron chi connectivity index (χ0n) is 17.3. The van der Waals surface area contributed by atoms with Crippen molar-refractivity contribution in [3.8, 4) is 28.7 Å². The van der Waals surface area contributed by atoms with Gasteiger partial charge in [0, 0.05) is 24.4 Å². The molecule has 3 atom stereocenters. The highest BCUT2D eigenvalue weighted by Crippen LogP contribution is 2.30. The molecule has 0 amide bonds. The minimum absolute atomic E-state index is 0.0328. The summed E-state index contributed by atoms with van der Waals surface area (Å²) in [5.41, 5.74) is 3.30. The van der Waals surface area contributed by atoms with Crippen LogP contribution in [-0.2, 0) is 15.8 Å². The van der Waals surface area contributed by atoms with Gasteiger partial charge < -0.3 is 18.6 Å². The molecule has 1 aromatic heterocycles. The average Bonchev–Trinajstić information content (AvgIpc) is 3.47. The minimum atomic E-state index is -0.0328. The summed E-state index contributed by atoms with van der Waals surface area (Å²) in [4.78, 5) is 4.40. The lowest BCUT2D eigenvalue weighted by Crippen LogP contribution is -2.15. The van der Waals surface area contributed by atoms with Crippen molar-refractivity contribution in [1.82, 2.24) is 9.55 Å². The lowest BCUT2D eigenvalue weighted by atomic mass is 10.0. The predicted molar refractivity (Wildman–Crippen MR) is 133 cm³/mol. The molecule has 1 saturated heterocycles. The number of nitrogens with zero attached hydrogens (tertiary/aromatic N) is 2. The molecule has 31 heavy (non-hydrogen) atoms. The van der Waals surface area contributed by atoms with Crippen molar-refractivity contribution in [2.45, 2.75) is 32.1 Å². The minimum Gasteiger partial charge on any atom is -0.488 e. The first-order chi connectivity index (χ1) is 15.2. The maximum absolute atomic E-state index is 5.94. The number of hydrogen-bond donors (Lipinski definition) is 0. The summed E-state index contributed by atoms with van der Waals surface area (Å²) in [5, 5.41) is 0. The molecule has 4 rings (SSSR count). The van der Waals surface area contributed by atoms with Crippen molar-refractivity contribution in [1.29, 1.82) is 0 Å². The molecular weight excluding hydrogens is 522 g/mol. The van der Waals surface area contributed by atoms with Gasteiger partial charge in [-0.1, -0.05) is 36.1 Å². The zero-order chi connectivity index (χ0) is 21.5. The van der Waals surface area contributed by atoms with E-state index in [2.05, 4.69) is 75.3 Å². The van der Waals surface area contributed by atoms with Gasteiger partial charge in [-0.3, -0.25) is 0 Å². The fourth-order valence-electron chi connectivity index (χ4n) is 3.43. The number of rotatable bonds is 7. The van der Waals surface area contributed by atoms with Gasteiger partial charge in [0.25, 0.3) is 0 Å². The highest BCUT2D eigenvalue weighted by molar-refractivity contribution is 14.2. The fourth-order valence-corrected chi connectivity index (χ4v) is 4.81. The Morgan fingerprint density at radius 3 is 2.61 bits per heavy atom. The van der Waals surface area contributed by atoms with Crippen molar-refractivity contribution in [3.05, 3.63) is 72.3 Å². The van der Waals surface area contributed by atoms with Crippen LogP contribution in [0.2, 0.25) is 0 Å². The van der Waals surface area contributed by atoms with Crippen LogP contribution in [0, 0.1) is 11.8 Å². The van der Waals surface area contributed by atoms with E-state index in [1.54, 1.807) is 6.20 Å². The van der Waals surface area contributed by atoms with E-state index in [0.29, 0.717) is 19.6 Å². The van der Waals surface area contributed by atoms with Crippen LogP contribution in [0.1, 0.15) is 30.8 Å². The summed E-state index contributed by atoms with van der Waals surface area (Å²) < 4.78 is 19.0. The molecule has 160 valence electrons. The number of benzene rings is 2. The Kier molecular flexibility index (Phi) is 7.98. The van der Waals surface area contributed by atoms with Crippen molar-refractivity contribution in [2.24, 2.45) is 0 Å². The van der Waals surface area contributed by atoms with Gasteiger partial charge in [-0.15, -0.1) is 0 Å². The Labute approximate surface area is 197 Å². The van der Waals surface area contributed by atoms with Crippen LogP contribution in [0.5, 0.6) is 5.75 Å². The van der Waals surface area contributed by atoms with E-state index < -0.39 is 0 Å². The Hall–Kier alpha value is -1.91. The van der Waals surface area contributed by atoms with E-state index in [1.165, 1.54) is 0 Å². The average molecular weight is 546 g/mol. The fraction of sp³-hybridized carbons (Fsp3) is 0.292. The topological polar surface area (TPSA) is 45.5 Å². The summed E-state index contributed by atoms with van der Waals surface area (Å²) in [5.74, 6) is 8.26. The van der Waals surface area contributed by atoms with E-state index in [9.17, 15) is 0 Å². The van der Waals surface area contributed by atoms with E-state index >= 15 is 0 Å². The SMILES string of the molecule is CC(OPI)c1nccn1CC#Cc1ccc(-c2ccc(OC3CCOC3)cc2)cc1. The lowest BCUT2D eigenvalue weighted by molar-refractivity contribution is 0.141. The van der Waals surface area contributed by atoms with Crippen molar-refractivity contribution >= 4 is 28.5 Å². The summed E-state index contributed by atoms with van der Waals surface area (Å²) >= 11 is 2.22. The molecule has 2 aromatic carbocycles. The zero-order valence-corrected chi connectivity index (χ0v) is 20.4. The molecule has 0 aliphatic carbocycles. The highest BCUT2D eigenvalue weighted by Gasteiger charge is 2.17. The normalized spacial score (nSPS) is 16.9. The monoisotopic (exact) mass is 546 g/mol. The molecule has 3 aromatic rings. The predicted octanol–water partition coefficient (Wildman–Crippen LogP) is 5.79. The van der Waals surface area contributed by atoms with Gasteiger partial charge in [0.1, 0.15) is 23.8 Å². The molecule has 0 saturated carbocycles. The number of imidazole rings is 1. The summed E-state index contributed by atoms with van der Waals surface area (Å²) in [6.07, 6.45) is 4.83. The Balaban J connectivity index is 1.36. The van der Waals surface area contributed by atoms with Gasteiger partial charge in [-0.05, 0) is 64.4 Å². The maximum atomic E-state index is 5.94. The third-order valence-corrected chi connectivity index (χ3v) is 6.28. The van der Waals surface area contributed by atoms with E-state index in [-0.39, 0.29) is 12.2 Å². The van der Waals surface area contributed by atoms with E-state index in [0.717, 1.165) is 41.3 Å². The van der Waals surface area contributed by atoms with Gasteiger partial charge >= 0.3 is 0 Å². The second-order valence-corrected chi connectivity index (χ2v) is 8.97. The van der Waals surface area contributed by atoms with E-state index in [1.807, 2.05) is 29.8 Å². The van der Waals surface area contributed by atoms with Crippen LogP contribution in [0.3, 0.4) is 0 Å². The van der Waals surface area contributed by atoms with Crippen LogP contribution in [0.25, 0.3) is 11.1 Å². The smallest absolute Gasteiger partial charge is 0.138 e. The molecule has 0 radical (unpaired) electrons. The molecule has 5 nitrogen and oxygen atoms in total. The molecule has 1 fully saturated rings. The maximum Gasteiger partial charge on any atom is 0.138 e. The van der Waals surface area contributed by atoms with Crippen LogP contribution in [0.4, 0.5) is 0 Å². The lowest BCUT2D eigenvalue weighted by Gasteiger charge is -2.12. The third-order valence-electron chi connectivity index (χ3n) is 5.08. The van der Waals surface area contributed by atoms with Crippen LogP contribution >= 0.6 is 28.5 Å². The molecule has 1 aliphatic rings. The summed E-state index contributed by atoms with van der Waals surface area (Å²) in [7, 11) is 0. The number of hydrogen-bond acceptors (Lipinski definition) is 4. The Morgan fingerprint density at radius 1 is 1.19 bits per heavy atom. The van der Waals surface area contributed by atoms with Gasteiger partial charge in [-0.25, -0.2) is 4.98 Å². The van der Waals surface area contributed by atoms with Crippen LogP contribution < -0.4 is 4.74 Å². The molecule has 0 N–H and O–H groups in total. The Bertz CT molecular complexity index is 1040. The third kappa shape index (κ3) is 6.08. The quantitative estimate of drug-likeness (QED) is 0.214. The molecule has 2 heterocycles. The standard InChI is InChI=1S/C24H24IN2O3P/c1-18(30-31-25)24-26-13-15-27(24)14-2-3-19-4-6-20(7-5-19)21-8-10-22(11-9-21)29-23-12-16-28-17-23/h4-11,13,15,18,23,31H,12,14,16-17H2,1H3. The Morgan fingerprint density at radius 2 is 1.94 bits per heavy atom. The molecule has 1 aliphatic heterocycles. The number of halogens is 1. The molecular formula is C24H24IN2O3P. The number of ether oxygens (including phenoxy) is 2. The second-order valence-electron chi connectivity index (χ2n) is 7.26.